The molecule has 0 aliphatic carbocycles. The van der Waals surface area contributed by atoms with Gasteiger partial charge in [-0.3, -0.25) is 4.79 Å². The van der Waals surface area contributed by atoms with Crippen LogP contribution in [0, 0.1) is 0 Å². The van der Waals surface area contributed by atoms with E-state index in [0.29, 0.717) is 13.1 Å². The van der Waals surface area contributed by atoms with E-state index in [1.54, 1.807) is 22.3 Å². The molecule has 3 aromatic rings. The van der Waals surface area contributed by atoms with E-state index < -0.39 is 6.36 Å². The molecule has 1 aliphatic rings. The lowest BCUT2D eigenvalue weighted by atomic mass is 9.97. The van der Waals surface area contributed by atoms with Gasteiger partial charge in [0.2, 0.25) is 5.91 Å². The topological polar surface area (TPSA) is 42.4 Å². The number of hydrogen-bond acceptors (Lipinski definition) is 4. The van der Waals surface area contributed by atoms with Gasteiger partial charge < -0.3 is 9.64 Å². The SMILES string of the molecule is O=C(Cc1ccccc1OC(F)(F)F)N1CCC(c2nc(-c3cccc(Br)c3)cs2)CC1. The summed E-state index contributed by atoms with van der Waals surface area (Å²) in [6.07, 6.45) is -3.36. The molecular formula is C23H20BrF3N2O2S. The van der Waals surface area contributed by atoms with Gasteiger partial charge in [-0.2, -0.15) is 0 Å². The summed E-state index contributed by atoms with van der Waals surface area (Å²) < 4.78 is 42.9. The smallest absolute Gasteiger partial charge is 0.405 e. The number of aromatic nitrogens is 1. The molecule has 2 heterocycles. The maximum Gasteiger partial charge on any atom is 0.573 e. The van der Waals surface area contributed by atoms with Crippen LogP contribution in [0.2, 0.25) is 0 Å². The van der Waals surface area contributed by atoms with Crippen LogP contribution in [-0.4, -0.2) is 35.2 Å². The molecule has 2 aromatic carbocycles. The van der Waals surface area contributed by atoms with Gasteiger partial charge in [-0.05, 0) is 31.0 Å². The first-order chi connectivity index (χ1) is 15.3. The van der Waals surface area contributed by atoms with Gasteiger partial charge in [-0.15, -0.1) is 24.5 Å². The summed E-state index contributed by atoms with van der Waals surface area (Å²) in [6, 6.07) is 13.8. The first-order valence-corrected chi connectivity index (χ1v) is 11.8. The number of benzene rings is 2. The Morgan fingerprint density at radius 1 is 1.16 bits per heavy atom. The number of para-hydroxylation sites is 1. The van der Waals surface area contributed by atoms with Crippen LogP contribution < -0.4 is 4.74 Å². The Hall–Kier alpha value is -2.39. The fourth-order valence-electron chi connectivity index (χ4n) is 3.78. The molecule has 0 spiro atoms. The monoisotopic (exact) mass is 524 g/mol. The summed E-state index contributed by atoms with van der Waals surface area (Å²) >= 11 is 5.10. The number of piperidine rings is 1. The lowest BCUT2D eigenvalue weighted by molar-refractivity contribution is -0.274. The van der Waals surface area contributed by atoms with Gasteiger partial charge >= 0.3 is 6.36 Å². The average Bonchev–Trinajstić information content (AvgIpc) is 3.25. The van der Waals surface area contributed by atoms with Crippen molar-refractivity contribution < 1.29 is 22.7 Å². The Kier molecular flexibility index (Phi) is 6.85. The van der Waals surface area contributed by atoms with E-state index in [0.717, 1.165) is 33.6 Å². The number of nitrogens with zero attached hydrogens (tertiary/aromatic N) is 2. The van der Waals surface area contributed by atoms with E-state index in [4.69, 9.17) is 4.98 Å². The molecule has 0 N–H and O–H groups in total. The Morgan fingerprint density at radius 3 is 2.62 bits per heavy atom. The molecule has 0 atom stereocenters. The highest BCUT2D eigenvalue weighted by Gasteiger charge is 2.32. The van der Waals surface area contributed by atoms with Crippen LogP contribution in [0.3, 0.4) is 0 Å². The molecular weight excluding hydrogens is 505 g/mol. The number of hydrogen-bond donors (Lipinski definition) is 0. The Bertz CT molecular complexity index is 1090. The lowest BCUT2D eigenvalue weighted by Gasteiger charge is -2.31. The summed E-state index contributed by atoms with van der Waals surface area (Å²) in [6.45, 7) is 1.11. The highest BCUT2D eigenvalue weighted by molar-refractivity contribution is 9.10. The van der Waals surface area contributed by atoms with Gasteiger partial charge in [0.15, 0.2) is 0 Å². The Morgan fingerprint density at radius 2 is 1.91 bits per heavy atom. The molecule has 4 rings (SSSR count). The van der Waals surface area contributed by atoms with Crippen molar-refractivity contribution in [2.45, 2.75) is 31.5 Å². The number of likely N-dealkylation sites (tertiary alicyclic amines) is 1. The highest BCUT2D eigenvalue weighted by Crippen LogP contribution is 2.34. The van der Waals surface area contributed by atoms with Crippen molar-refractivity contribution in [2.75, 3.05) is 13.1 Å². The van der Waals surface area contributed by atoms with Crippen LogP contribution in [-0.2, 0) is 11.2 Å². The van der Waals surface area contributed by atoms with Crippen molar-refractivity contribution in [3.05, 3.63) is 69.0 Å². The zero-order chi connectivity index (χ0) is 22.7. The second-order valence-electron chi connectivity index (χ2n) is 7.57. The largest absolute Gasteiger partial charge is 0.573 e. The standard InChI is InChI=1S/C23H20BrF3N2O2S/c24-18-6-3-5-16(12-18)19-14-32-22(28-19)15-8-10-29(11-9-15)21(30)13-17-4-1-2-7-20(17)31-23(25,26)27/h1-7,12,14-15H,8-11,13H2. The third-order valence-corrected chi connectivity index (χ3v) is 6.88. The van der Waals surface area contributed by atoms with Gasteiger partial charge in [-0.25, -0.2) is 4.98 Å². The number of ether oxygens (including phenoxy) is 1. The second-order valence-corrected chi connectivity index (χ2v) is 9.37. The number of alkyl halides is 3. The van der Waals surface area contributed by atoms with Crippen LogP contribution in [0.4, 0.5) is 13.2 Å². The maximum absolute atomic E-state index is 12.7. The van der Waals surface area contributed by atoms with E-state index in [-0.39, 0.29) is 29.6 Å². The molecule has 0 unspecified atom stereocenters. The van der Waals surface area contributed by atoms with Crippen LogP contribution >= 0.6 is 27.3 Å². The zero-order valence-corrected chi connectivity index (χ0v) is 19.3. The Balaban J connectivity index is 1.36. The van der Waals surface area contributed by atoms with Crippen molar-refractivity contribution in [3.63, 3.8) is 0 Å². The molecule has 0 bridgehead atoms. The Labute approximate surface area is 196 Å². The molecule has 1 aromatic heterocycles. The van der Waals surface area contributed by atoms with Crippen molar-refractivity contribution in [1.29, 1.82) is 0 Å². The quantitative estimate of drug-likeness (QED) is 0.386. The van der Waals surface area contributed by atoms with Crippen LogP contribution in [0.15, 0.2) is 58.4 Å². The maximum atomic E-state index is 12.7. The zero-order valence-electron chi connectivity index (χ0n) is 16.9. The fraction of sp³-hybridized carbons (Fsp3) is 0.304. The average molecular weight is 525 g/mol. The minimum absolute atomic E-state index is 0.124. The predicted molar refractivity (Wildman–Crippen MR) is 121 cm³/mol. The molecule has 1 aliphatic heterocycles. The third kappa shape index (κ3) is 5.69. The molecule has 1 amide bonds. The van der Waals surface area contributed by atoms with E-state index in [1.807, 2.05) is 29.6 Å². The number of amides is 1. The predicted octanol–water partition coefficient (Wildman–Crippen LogP) is 6.42. The highest BCUT2D eigenvalue weighted by atomic mass is 79.9. The lowest BCUT2D eigenvalue weighted by Crippen LogP contribution is -2.38. The van der Waals surface area contributed by atoms with Crippen molar-refractivity contribution in [3.8, 4) is 17.0 Å². The number of thiazole rings is 1. The van der Waals surface area contributed by atoms with Gasteiger partial charge in [0.25, 0.3) is 0 Å². The summed E-state index contributed by atoms with van der Waals surface area (Å²) in [4.78, 5) is 19.2. The molecule has 0 saturated carbocycles. The van der Waals surface area contributed by atoms with Gasteiger partial charge in [-0.1, -0.05) is 46.3 Å². The number of carbonyl (C=O) groups is 1. The summed E-state index contributed by atoms with van der Waals surface area (Å²) in [7, 11) is 0. The number of halogens is 4. The van der Waals surface area contributed by atoms with Crippen molar-refractivity contribution in [1.82, 2.24) is 9.88 Å². The number of rotatable bonds is 5. The molecule has 9 heteroatoms. The molecule has 1 fully saturated rings. The van der Waals surface area contributed by atoms with E-state index in [2.05, 4.69) is 20.7 Å². The van der Waals surface area contributed by atoms with E-state index >= 15 is 0 Å². The van der Waals surface area contributed by atoms with Gasteiger partial charge in [0.05, 0.1) is 17.1 Å². The van der Waals surface area contributed by atoms with Gasteiger partial charge in [0, 0.05) is 40.0 Å². The molecule has 0 radical (unpaired) electrons. The summed E-state index contributed by atoms with van der Waals surface area (Å²) in [5.41, 5.74) is 2.22. The van der Waals surface area contributed by atoms with E-state index in [1.165, 1.54) is 18.2 Å². The second kappa shape index (κ2) is 9.62. The molecule has 168 valence electrons. The van der Waals surface area contributed by atoms with Gasteiger partial charge in [0.1, 0.15) is 5.75 Å². The van der Waals surface area contributed by atoms with Crippen molar-refractivity contribution in [2.24, 2.45) is 0 Å². The summed E-state index contributed by atoms with van der Waals surface area (Å²) in [5, 5.41) is 3.10. The van der Waals surface area contributed by atoms with E-state index in [9.17, 15) is 18.0 Å². The molecule has 4 nitrogen and oxygen atoms in total. The van der Waals surface area contributed by atoms with Crippen LogP contribution in [0.1, 0.15) is 29.3 Å². The third-order valence-electron chi connectivity index (χ3n) is 5.38. The minimum atomic E-state index is -4.79. The number of carbonyl (C=O) groups excluding carboxylic acids is 1. The van der Waals surface area contributed by atoms with Crippen LogP contribution in [0.5, 0.6) is 5.75 Å². The normalized spacial score (nSPS) is 15.1. The fourth-order valence-corrected chi connectivity index (χ4v) is 5.18. The minimum Gasteiger partial charge on any atom is -0.405 e. The molecule has 32 heavy (non-hydrogen) atoms. The van der Waals surface area contributed by atoms with Crippen LogP contribution in [0.25, 0.3) is 11.3 Å². The molecule has 1 saturated heterocycles. The van der Waals surface area contributed by atoms with Crippen molar-refractivity contribution >= 4 is 33.2 Å². The first-order valence-electron chi connectivity index (χ1n) is 10.1. The summed E-state index contributed by atoms with van der Waals surface area (Å²) in [5.74, 6) is -0.257. The first kappa shape index (κ1) is 22.8.